The van der Waals surface area contributed by atoms with Crippen LogP contribution in [0, 0.1) is 6.92 Å². The van der Waals surface area contributed by atoms with Gasteiger partial charge >= 0.3 is 0 Å². The first-order chi connectivity index (χ1) is 9.31. The lowest BCUT2D eigenvalue weighted by Crippen LogP contribution is -2.17. The molecule has 0 amide bonds. The van der Waals surface area contributed by atoms with Crippen molar-refractivity contribution >= 4 is 11.4 Å². The van der Waals surface area contributed by atoms with Crippen LogP contribution in [0.25, 0.3) is 0 Å². The van der Waals surface area contributed by atoms with Gasteiger partial charge in [-0.2, -0.15) is 4.98 Å². The van der Waals surface area contributed by atoms with Crippen molar-refractivity contribution in [1.82, 2.24) is 10.1 Å². The summed E-state index contributed by atoms with van der Waals surface area (Å²) in [5.41, 5.74) is 2.38. The van der Waals surface area contributed by atoms with Gasteiger partial charge in [0.1, 0.15) is 0 Å². The van der Waals surface area contributed by atoms with Gasteiger partial charge in [-0.05, 0) is 37.1 Å². The number of hydrogen-bond acceptors (Lipinski definition) is 5. The van der Waals surface area contributed by atoms with Crippen molar-refractivity contribution < 1.29 is 4.52 Å². The summed E-state index contributed by atoms with van der Waals surface area (Å²) in [4.78, 5) is 6.58. The fourth-order valence-electron chi connectivity index (χ4n) is 2.36. The summed E-state index contributed by atoms with van der Waals surface area (Å²) in [5, 5.41) is 7.14. The number of benzene rings is 1. The van der Waals surface area contributed by atoms with Gasteiger partial charge in [0.05, 0.1) is 6.54 Å². The Balaban J connectivity index is 1.59. The standard InChI is InChI=1S/C14H18N4O/c1-11-16-14(17-19-11)10-15-12-4-6-13(7-5-12)18-8-2-3-9-18/h4-7,15H,2-3,8-10H2,1H3. The Labute approximate surface area is 112 Å². The molecule has 100 valence electrons. The highest BCUT2D eigenvalue weighted by Crippen LogP contribution is 2.22. The SMILES string of the molecule is Cc1nc(CNc2ccc(N3CCCC3)cc2)no1. The average molecular weight is 258 g/mol. The fraction of sp³-hybridized carbons (Fsp3) is 0.429. The second-order valence-electron chi connectivity index (χ2n) is 4.82. The van der Waals surface area contributed by atoms with Crippen molar-refractivity contribution in [2.24, 2.45) is 0 Å². The van der Waals surface area contributed by atoms with E-state index in [0.29, 0.717) is 18.3 Å². The molecule has 0 atom stereocenters. The van der Waals surface area contributed by atoms with E-state index >= 15 is 0 Å². The van der Waals surface area contributed by atoms with Crippen molar-refractivity contribution in [3.05, 3.63) is 36.0 Å². The van der Waals surface area contributed by atoms with Crippen LogP contribution in [0.5, 0.6) is 0 Å². The maximum Gasteiger partial charge on any atom is 0.223 e. The van der Waals surface area contributed by atoms with Gasteiger partial charge in [-0.15, -0.1) is 0 Å². The van der Waals surface area contributed by atoms with E-state index in [1.54, 1.807) is 6.92 Å². The van der Waals surface area contributed by atoms with Crippen LogP contribution in [-0.2, 0) is 6.54 Å². The summed E-state index contributed by atoms with van der Waals surface area (Å²) < 4.78 is 4.93. The van der Waals surface area contributed by atoms with Gasteiger partial charge in [0.15, 0.2) is 5.82 Å². The monoisotopic (exact) mass is 258 g/mol. The van der Waals surface area contributed by atoms with Crippen LogP contribution >= 0.6 is 0 Å². The van der Waals surface area contributed by atoms with E-state index in [-0.39, 0.29) is 0 Å². The number of aryl methyl sites for hydroxylation is 1. The highest BCUT2D eigenvalue weighted by molar-refractivity contribution is 5.55. The predicted molar refractivity (Wildman–Crippen MR) is 74.3 cm³/mol. The largest absolute Gasteiger partial charge is 0.378 e. The average Bonchev–Trinajstić information content (AvgIpc) is 3.08. The van der Waals surface area contributed by atoms with Crippen LogP contribution in [-0.4, -0.2) is 23.2 Å². The van der Waals surface area contributed by atoms with Crippen LogP contribution < -0.4 is 10.2 Å². The molecule has 0 bridgehead atoms. The first kappa shape index (κ1) is 12.0. The van der Waals surface area contributed by atoms with Crippen molar-refractivity contribution in [2.45, 2.75) is 26.3 Å². The number of nitrogens with zero attached hydrogens (tertiary/aromatic N) is 3. The van der Waals surface area contributed by atoms with Gasteiger partial charge in [-0.25, -0.2) is 0 Å². The minimum atomic E-state index is 0.584. The van der Waals surface area contributed by atoms with Gasteiger partial charge in [0.25, 0.3) is 0 Å². The van der Waals surface area contributed by atoms with Crippen LogP contribution in [0.2, 0.25) is 0 Å². The van der Waals surface area contributed by atoms with Crippen LogP contribution in [0.3, 0.4) is 0 Å². The lowest BCUT2D eigenvalue weighted by Gasteiger charge is -2.17. The van der Waals surface area contributed by atoms with Crippen LogP contribution in [0.1, 0.15) is 24.6 Å². The number of nitrogens with one attached hydrogen (secondary N) is 1. The number of hydrogen-bond donors (Lipinski definition) is 1. The molecule has 0 saturated carbocycles. The highest BCUT2D eigenvalue weighted by Gasteiger charge is 2.11. The lowest BCUT2D eigenvalue weighted by atomic mass is 10.2. The van der Waals surface area contributed by atoms with Gasteiger partial charge < -0.3 is 14.7 Å². The molecule has 1 aromatic carbocycles. The van der Waals surface area contributed by atoms with E-state index in [2.05, 4.69) is 44.6 Å². The quantitative estimate of drug-likeness (QED) is 0.913. The molecular formula is C14H18N4O. The second kappa shape index (κ2) is 5.30. The zero-order valence-electron chi connectivity index (χ0n) is 11.1. The molecule has 2 aromatic rings. The van der Waals surface area contributed by atoms with E-state index in [9.17, 15) is 0 Å². The van der Waals surface area contributed by atoms with Crippen molar-refractivity contribution in [1.29, 1.82) is 0 Å². The Bertz CT molecular complexity index is 529. The van der Waals surface area contributed by atoms with E-state index < -0.39 is 0 Å². The van der Waals surface area contributed by atoms with E-state index in [4.69, 9.17) is 4.52 Å². The first-order valence-electron chi connectivity index (χ1n) is 6.69. The minimum absolute atomic E-state index is 0.584. The Kier molecular flexibility index (Phi) is 3.35. The molecule has 1 aliphatic heterocycles. The van der Waals surface area contributed by atoms with Gasteiger partial charge in [0, 0.05) is 31.4 Å². The maximum atomic E-state index is 4.93. The highest BCUT2D eigenvalue weighted by atomic mass is 16.5. The van der Waals surface area contributed by atoms with E-state index in [1.807, 2.05) is 0 Å². The Morgan fingerprint density at radius 2 is 1.95 bits per heavy atom. The summed E-state index contributed by atoms with van der Waals surface area (Å²) in [6.45, 7) is 4.73. The van der Waals surface area contributed by atoms with Crippen molar-refractivity contribution in [2.75, 3.05) is 23.3 Å². The third kappa shape index (κ3) is 2.86. The smallest absolute Gasteiger partial charge is 0.223 e. The lowest BCUT2D eigenvalue weighted by molar-refractivity contribution is 0.388. The number of rotatable bonds is 4. The molecule has 2 heterocycles. The maximum absolute atomic E-state index is 4.93. The molecule has 5 heteroatoms. The van der Waals surface area contributed by atoms with E-state index in [0.717, 1.165) is 5.69 Å². The molecule has 0 aliphatic carbocycles. The Hall–Kier alpha value is -2.04. The van der Waals surface area contributed by atoms with Crippen LogP contribution in [0.15, 0.2) is 28.8 Å². The molecule has 19 heavy (non-hydrogen) atoms. The van der Waals surface area contributed by atoms with Gasteiger partial charge in [0.2, 0.25) is 5.89 Å². The molecule has 0 unspecified atom stereocenters. The van der Waals surface area contributed by atoms with E-state index in [1.165, 1.54) is 31.6 Å². The second-order valence-corrected chi connectivity index (χ2v) is 4.82. The summed E-state index contributed by atoms with van der Waals surface area (Å²) in [7, 11) is 0. The number of anilines is 2. The third-order valence-corrected chi connectivity index (χ3v) is 3.36. The topological polar surface area (TPSA) is 54.2 Å². The summed E-state index contributed by atoms with van der Waals surface area (Å²) in [6.07, 6.45) is 2.61. The Morgan fingerprint density at radius 3 is 2.58 bits per heavy atom. The molecule has 5 nitrogen and oxygen atoms in total. The molecule has 1 aromatic heterocycles. The third-order valence-electron chi connectivity index (χ3n) is 3.36. The Morgan fingerprint density at radius 1 is 1.21 bits per heavy atom. The molecule has 0 radical (unpaired) electrons. The van der Waals surface area contributed by atoms with Gasteiger partial charge in [-0.1, -0.05) is 5.16 Å². The molecule has 1 N–H and O–H groups in total. The zero-order valence-corrected chi connectivity index (χ0v) is 11.1. The van der Waals surface area contributed by atoms with Crippen molar-refractivity contribution in [3.8, 4) is 0 Å². The summed E-state index contributed by atoms with van der Waals surface area (Å²) >= 11 is 0. The molecule has 0 spiro atoms. The normalized spacial score (nSPS) is 14.9. The van der Waals surface area contributed by atoms with Crippen molar-refractivity contribution in [3.63, 3.8) is 0 Å². The minimum Gasteiger partial charge on any atom is -0.378 e. The predicted octanol–water partition coefficient (Wildman–Crippen LogP) is 2.59. The molecule has 1 fully saturated rings. The molecule has 3 rings (SSSR count). The molecule has 1 aliphatic rings. The molecule has 1 saturated heterocycles. The summed E-state index contributed by atoms with van der Waals surface area (Å²) in [6, 6.07) is 8.52. The number of aromatic nitrogens is 2. The summed E-state index contributed by atoms with van der Waals surface area (Å²) in [5.74, 6) is 1.28. The molecular weight excluding hydrogens is 240 g/mol. The van der Waals surface area contributed by atoms with Crippen LogP contribution in [0.4, 0.5) is 11.4 Å². The van der Waals surface area contributed by atoms with Gasteiger partial charge in [-0.3, -0.25) is 0 Å². The fourth-order valence-corrected chi connectivity index (χ4v) is 2.36. The first-order valence-corrected chi connectivity index (χ1v) is 6.69. The zero-order chi connectivity index (χ0) is 13.1.